The van der Waals surface area contributed by atoms with E-state index in [0.29, 0.717) is 11.7 Å². The SMILES string of the molecule is CCCCC(C)N1CCN(c2ccc(F)cc2F)CC1. The number of benzene rings is 1. The first-order valence-electron chi connectivity index (χ1n) is 7.56. The van der Waals surface area contributed by atoms with Crippen LogP contribution in [0.3, 0.4) is 0 Å². The van der Waals surface area contributed by atoms with Crippen molar-refractivity contribution in [1.29, 1.82) is 0 Å². The fraction of sp³-hybridized carbons (Fsp3) is 0.625. The second-order valence-corrected chi connectivity index (χ2v) is 5.61. The first-order valence-corrected chi connectivity index (χ1v) is 7.56. The zero-order chi connectivity index (χ0) is 14.5. The van der Waals surface area contributed by atoms with Crippen LogP contribution in [0.25, 0.3) is 0 Å². The van der Waals surface area contributed by atoms with Gasteiger partial charge in [-0.1, -0.05) is 19.8 Å². The molecule has 1 unspecified atom stereocenters. The Bertz CT molecular complexity index is 428. The van der Waals surface area contributed by atoms with Crippen molar-refractivity contribution in [3.63, 3.8) is 0 Å². The molecule has 20 heavy (non-hydrogen) atoms. The van der Waals surface area contributed by atoms with Crippen molar-refractivity contribution in [2.45, 2.75) is 39.2 Å². The lowest BCUT2D eigenvalue weighted by Crippen LogP contribution is -2.49. The predicted octanol–water partition coefficient (Wildman–Crippen LogP) is 3.67. The smallest absolute Gasteiger partial charge is 0.149 e. The van der Waals surface area contributed by atoms with E-state index >= 15 is 0 Å². The van der Waals surface area contributed by atoms with Crippen LogP contribution in [0.4, 0.5) is 14.5 Å². The lowest BCUT2D eigenvalue weighted by atomic mass is 10.1. The molecule has 4 heteroatoms. The summed E-state index contributed by atoms with van der Waals surface area (Å²) in [5.41, 5.74) is 0.521. The van der Waals surface area contributed by atoms with Gasteiger partial charge in [-0.05, 0) is 25.5 Å². The minimum absolute atomic E-state index is 0.461. The Kier molecular flexibility index (Phi) is 5.35. The molecule has 1 heterocycles. The summed E-state index contributed by atoms with van der Waals surface area (Å²) < 4.78 is 26.7. The van der Waals surface area contributed by atoms with Crippen molar-refractivity contribution in [2.75, 3.05) is 31.1 Å². The minimum Gasteiger partial charge on any atom is -0.367 e. The summed E-state index contributed by atoms with van der Waals surface area (Å²) in [6.45, 7) is 7.98. The summed E-state index contributed by atoms with van der Waals surface area (Å²) in [4.78, 5) is 4.48. The minimum atomic E-state index is -0.516. The number of piperazine rings is 1. The summed E-state index contributed by atoms with van der Waals surface area (Å²) >= 11 is 0. The number of halogens is 2. The fourth-order valence-electron chi connectivity index (χ4n) is 2.82. The summed E-state index contributed by atoms with van der Waals surface area (Å²) in [5.74, 6) is -0.976. The van der Waals surface area contributed by atoms with Crippen LogP contribution < -0.4 is 4.90 Å². The second-order valence-electron chi connectivity index (χ2n) is 5.61. The first-order chi connectivity index (χ1) is 9.61. The highest BCUT2D eigenvalue weighted by Gasteiger charge is 2.22. The van der Waals surface area contributed by atoms with Crippen molar-refractivity contribution >= 4 is 5.69 Å². The van der Waals surface area contributed by atoms with E-state index in [0.717, 1.165) is 32.2 Å². The molecular weight excluding hydrogens is 258 g/mol. The Balaban J connectivity index is 1.90. The number of hydrogen-bond acceptors (Lipinski definition) is 2. The third-order valence-electron chi connectivity index (χ3n) is 4.16. The largest absolute Gasteiger partial charge is 0.367 e. The number of anilines is 1. The van der Waals surface area contributed by atoms with Crippen molar-refractivity contribution < 1.29 is 8.78 Å². The van der Waals surface area contributed by atoms with Gasteiger partial charge < -0.3 is 4.90 Å². The van der Waals surface area contributed by atoms with Crippen LogP contribution in [-0.4, -0.2) is 37.1 Å². The summed E-state index contributed by atoms with van der Waals surface area (Å²) in [6, 6.07) is 4.43. The van der Waals surface area contributed by atoms with Crippen molar-refractivity contribution in [1.82, 2.24) is 4.90 Å². The summed E-state index contributed by atoms with van der Waals surface area (Å²) in [5, 5.41) is 0. The van der Waals surface area contributed by atoms with E-state index in [1.54, 1.807) is 6.07 Å². The lowest BCUT2D eigenvalue weighted by molar-refractivity contribution is 0.186. The van der Waals surface area contributed by atoms with Gasteiger partial charge in [0, 0.05) is 38.3 Å². The van der Waals surface area contributed by atoms with E-state index in [1.165, 1.54) is 25.3 Å². The van der Waals surface area contributed by atoms with Gasteiger partial charge in [0.05, 0.1) is 5.69 Å². The zero-order valence-electron chi connectivity index (χ0n) is 12.4. The van der Waals surface area contributed by atoms with Gasteiger partial charge in [0.25, 0.3) is 0 Å². The molecule has 112 valence electrons. The molecule has 1 atom stereocenters. The van der Waals surface area contributed by atoms with Gasteiger partial charge in [-0.25, -0.2) is 8.78 Å². The van der Waals surface area contributed by atoms with Crippen molar-refractivity contribution in [3.8, 4) is 0 Å². The molecule has 0 aliphatic carbocycles. The summed E-state index contributed by atoms with van der Waals surface area (Å²) in [7, 11) is 0. The van der Waals surface area contributed by atoms with Crippen LogP contribution in [0, 0.1) is 11.6 Å². The molecule has 0 N–H and O–H groups in total. The molecule has 1 aliphatic rings. The van der Waals surface area contributed by atoms with E-state index in [2.05, 4.69) is 18.7 Å². The fourth-order valence-corrected chi connectivity index (χ4v) is 2.82. The standard InChI is InChI=1S/C16H24F2N2/c1-3-4-5-13(2)19-8-10-20(11-9-19)16-7-6-14(17)12-15(16)18/h6-7,12-13H,3-5,8-11H2,1-2H3. The van der Waals surface area contributed by atoms with Crippen molar-refractivity contribution in [3.05, 3.63) is 29.8 Å². The molecule has 0 saturated carbocycles. The van der Waals surface area contributed by atoms with E-state index in [-0.39, 0.29) is 0 Å². The molecular formula is C16H24F2N2. The molecule has 2 rings (SSSR count). The molecule has 1 saturated heterocycles. The van der Waals surface area contributed by atoms with Gasteiger partial charge in [-0.3, -0.25) is 4.90 Å². The van der Waals surface area contributed by atoms with Gasteiger partial charge >= 0.3 is 0 Å². The number of rotatable bonds is 5. The van der Waals surface area contributed by atoms with Crippen LogP contribution in [0.15, 0.2) is 18.2 Å². The topological polar surface area (TPSA) is 6.48 Å². The third kappa shape index (κ3) is 3.69. The molecule has 0 spiro atoms. The van der Waals surface area contributed by atoms with E-state index in [4.69, 9.17) is 0 Å². The summed E-state index contributed by atoms with van der Waals surface area (Å²) in [6.07, 6.45) is 3.71. The molecule has 0 aromatic heterocycles. The molecule has 1 fully saturated rings. The molecule has 2 nitrogen and oxygen atoms in total. The van der Waals surface area contributed by atoms with Crippen molar-refractivity contribution in [2.24, 2.45) is 0 Å². The van der Waals surface area contributed by atoms with Gasteiger partial charge in [0.2, 0.25) is 0 Å². The average molecular weight is 282 g/mol. The van der Waals surface area contributed by atoms with Gasteiger partial charge in [-0.2, -0.15) is 0 Å². The first kappa shape index (κ1) is 15.2. The lowest BCUT2D eigenvalue weighted by Gasteiger charge is -2.39. The second kappa shape index (κ2) is 7.02. The van der Waals surface area contributed by atoms with E-state index in [9.17, 15) is 8.78 Å². The highest BCUT2D eigenvalue weighted by Crippen LogP contribution is 2.22. The van der Waals surface area contributed by atoms with Crippen LogP contribution in [0.2, 0.25) is 0 Å². The van der Waals surface area contributed by atoms with Crippen LogP contribution in [0.5, 0.6) is 0 Å². The zero-order valence-corrected chi connectivity index (χ0v) is 12.4. The maximum Gasteiger partial charge on any atom is 0.149 e. The number of hydrogen-bond donors (Lipinski definition) is 0. The quantitative estimate of drug-likeness (QED) is 0.813. The molecule has 1 aliphatic heterocycles. The monoisotopic (exact) mass is 282 g/mol. The van der Waals surface area contributed by atoms with Crippen LogP contribution in [0.1, 0.15) is 33.1 Å². The van der Waals surface area contributed by atoms with Crippen LogP contribution in [-0.2, 0) is 0 Å². The molecule has 0 amide bonds. The van der Waals surface area contributed by atoms with Gasteiger partial charge in [-0.15, -0.1) is 0 Å². The highest BCUT2D eigenvalue weighted by atomic mass is 19.1. The molecule has 1 aromatic carbocycles. The van der Waals surface area contributed by atoms with Gasteiger partial charge in [0.15, 0.2) is 0 Å². The maximum atomic E-state index is 13.8. The van der Waals surface area contributed by atoms with Crippen LogP contribution >= 0.6 is 0 Å². The predicted molar refractivity (Wildman–Crippen MR) is 79.1 cm³/mol. The van der Waals surface area contributed by atoms with E-state index < -0.39 is 11.6 Å². The maximum absolute atomic E-state index is 13.8. The van der Waals surface area contributed by atoms with E-state index in [1.807, 2.05) is 4.90 Å². The molecule has 0 bridgehead atoms. The Morgan fingerprint density at radius 3 is 2.45 bits per heavy atom. The third-order valence-corrected chi connectivity index (χ3v) is 4.16. The highest BCUT2D eigenvalue weighted by molar-refractivity contribution is 5.48. The molecule has 0 radical (unpaired) electrons. The Hall–Kier alpha value is -1.16. The average Bonchev–Trinajstić information content (AvgIpc) is 2.45. The number of unbranched alkanes of at least 4 members (excludes halogenated alkanes) is 1. The Morgan fingerprint density at radius 2 is 1.85 bits per heavy atom. The molecule has 1 aromatic rings. The normalized spacial score (nSPS) is 18.3. The number of nitrogens with zero attached hydrogens (tertiary/aromatic N) is 2. The van der Waals surface area contributed by atoms with Gasteiger partial charge in [0.1, 0.15) is 11.6 Å². The Morgan fingerprint density at radius 1 is 1.15 bits per heavy atom. The Labute approximate surface area is 120 Å².